The molecule has 0 bridgehead atoms. The van der Waals surface area contributed by atoms with Gasteiger partial charge in [0, 0.05) is 32.4 Å². The summed E-state index contributed by atoms with van der Waals surface area (Å²) in [6, 6.07) is 13.7. The van der Waals surface area contributed by atoms with Crippen LogP contribution in [0, 0.1) is 0 Å². The van der Waals surface area contributed by atoms with E-state index in [9.17, 15) is 4.79 Å². The number of pyridine rings is 1. The summed E-state index contributed by atoms with van der Waals surface area (Å²) in [5, 5.41) is 5.76. The lowest BCUT2D eigenvalue weighted by molar-refractivity contribution is 0.0341. The predicted molar refractivity (Wildman–Crippen MR) is 95.9 cm³/mol. The maximum absolute atomic E-state index is 12.0. The number of ether oxygens (including phenoxy) is 1. The van der Waals surface area contributed by atoms with E-state index >= 15 is 0 Å². The molecule has 0 aliphatic carbocycles. The quantitative estimate of drug-likeness (QED) is 0.843. The minimum Gasteiger partial charge on any atom is -0.379 e. The van der Waals surface area contributed by atoms with Gasteiger partial charge in [0.15, 0.2) is 0 Å². The molecular formula is C19H24N4O2. The Morgan fingerprint density at radius 2 is 1.72 bits per heavy atom. The number of morpholine rings is 1. The van der Waals surface area contributed by atoms with Gasteiger partial charge in [-0.05, 0) is 23.3 Å². The predicted octanol–water partition coefficient (Wildman–Crippen LogP) is 1.91. The molecule has 6 nitrogen and oxygen atoms in total. The second kappa shape index (κ2) is 9.15. The maximum atomic E-state index is 12.0. The molecule has 6 heteroatoms. The minimum atomic E-state index is -0.188. The first kappa shape index (κ1) is 17.4. The monoisotopic (exact) mass is 340 g/mol. The van der Waals surface area contributed by atoms with E-state index in [1.54, 1.807) is 6.20 Å². The Morgan fingerprint density at radius 1 is 1.00 bits per heavy atom. The van der Waals surface area contributed by atoms with Crippen LogP contribution < -0.4 is 10.6 Å². The van der Waals surface area contributed by atoms with Gasteiger partial charge in [-0.1, -0.05) is 30.3 Å². The van der Waals surface area contributed by atoms with Crippen LogP contribution in [0.15, 0.2) is 48.7 Å². The highest BCUT2D eigenvalue weighted by atomic mass is 16.5. The molecule has 2 N–H and O–H groups in total. The van der Waals surface area contributed by atoms with Gasteiger partial charge in [0.25, 0.3) is 0 Å². The zero-order valence-corrected chi connectivity index (χ0v) is 14.3. The SMILES string of the molecule is O=C(NCc1ccccn1)NCc1ccccc1CN1CCOCC1. The summed E-state index contributed by atoms with van der Waals surface area (Å²) in [6.07, 6.45) is 1.72. The zero-order valence-electron chi connectivity index (χ0n) is 14.3. The van der Waals surface area contributed by atoms with Crippen LogP contribution in [0.3, 0.4) is 0 Å². The Hall–Kier alpha value is -2.44. The smallest absolute Gasteiger partial charge is 0.315 e. The second-order valence-corrected chi connectivity index (χ2v) is 6.01. The normalized spacial score (nSPS) is 14.9. The van der Waals surface area contributed by atoms with Crippen molar-refractivity contribution in [2.75, 3.05) is 26.3 Å². The topological polar surface area (TPSA) is 66.5 Å². The number of urea groups is 1. The van der Waals surface area contributed by atoms with E-state index in [2.05, 4.69) is 32.7 Å². The van der Waals surface area contributed by atoms with Crippen molar-refractivity contribution in [1.29, 1.82) is 0 Å². The first-order chi connectivity index (χ1) is 12.3. The summed E-state index contributed by atoms with van der Waals surface area (Å²) in [7, 11) is 0. The molecule has 0 unspecified atom stereocenters. The van der Waals surface area contributed by atoms with Gasteiger partial charge in [-0.15, -0.1) is 0 Å². The van der Waals surface area contributed by atoms with Crippen molar-refractivity contribution < 1.29 is 9.53 Å². The molecule has 2 aromatic rings. The third-order valence-electron chi connectivity index (χ3n) is 4.21. The van der Waals surface area contributed by atoms with Crippen LogP contribution in [0.1, 0.15) is 16.8 Å². The molecule has 25 heavy (non-hydrogen) atoms. The first-order valence-corrected chi connectivity index (χ1v) is 8.60. The average Bonchev–Trinajstić information content (AvgIpc) is 2.67. The van der Waals surface area contributed by atoms with Gasteiger partial charge in [-0.2, -0.15) is 0 Å². The molecule has 1 aliphatic heterocycles. The second-order valence-electron chi connectivity index (χ2n) is 6.01. The fraction of sp³-hybridized carbons (Fsp3) is 0.368. The molecule has 0 saturated carbocycles. The lowest BCUT2D eigenvalue weighted by Crippen LogP contribution is -2.37. The number of carbonyl (C=O) groups excluding carboxylic acids is 1. The molecule has 1 aliphatic rings. The highest BCUT2D eigenvalue weighted by molar-refractivity contribution is 5.73. The van der Waals surface area contributed by atoms with E-state index < -0.39 is 0 Å². The summed E-state index contributed by atoms with van der Waals surface area (Å²) < 4.78 is 5.40. The number of nitrogens with zero attached hydrogens (tertiary/aromatic N) is 2. The van der Waals surface area contributed by atoms with Crippen molar-refractivity contribution in [3.63, 3.8) is 0 Å². The molecule has 1 fully saturated rings. The van der Waals surface area contributed by atoms with E-state index in [1.807, 2.05) is 30.3 Å². The van der Waals surface area contributed by atoms with Crippen LogP contribution in [0.2, 0.25) is 0 Å². The summed E-state index contributed by atoms with van der Waals surface area (Å²) in [6.45, 7) is 5.29. The fourth-order valence-electron chi connectivity index (χ4n) is 2.80. The van der Waals surface area contributed by atoms with E-state index in [4.69, 9.17) is 4.74 Å². The van der Waals surface area contributed by atoms with Gasteiger partial charge in [0.05, 0.1) is 25.5 Å². The molecule has 0 spiro atoms. The number of amides is 2. The number of hydrogen-bond acceptors (Lipinski definition) is 4. The standard InChI is InChI=1S/C19H24N4O2/c24-19(22-14-18-7-3-4-8-20-18)21-13-16-5-1-2-6-17(16)15-23-9-11-25-12-10-23/h1-8H,9-15H2,(H2,21,22,24). The zero-order chi connectivity index (χ0) is 17.3. The van der Waals surface area contributed by atoms with Gasteiger partial charge < -0.3 is 15.4 Å². The Morgan fingerprint density at radius 3 is 2.48 bits per heavy atom. The van der Waals surface area contributed by atoms with E-state index in [0.29, 0.717) is 13.1 Å². The van der Waals surface area contributed by atoms with E-state index in [-0.39, 0.29) is 6.03 Å². The maximum Gasteiger partial charge on any atom is 0.315 e. The average molecular weight is 340 g/mol. The largest absolute Gasteiger partial charge is 0.379 e. The third kappa shape index (κ3) is 5.55. The summed E-state index contributed by atoms with van der Waals surface area (Å²) in [5.74, 6) is 0. The third-order valence-corrected chi connectivity index (χ3v) is 4.21. The molecule has 132 valence electrons. The van der Waals surface area contributed by atoms with Gasteiger partial charge in [0.1, 0.15) is 0 Å². The number of rotatable bonds is 6. The van der Waals surface area contributed by atoms with Crippen molar-refractivity contribution in [3.8, 4) is 0 Å². The van der Waals surface area contributed by atoms with Crippen LogP contribution in [-0.2, 0) is 24.4 Å². The van der Waals surface area contributed by atoms with Crippen molar-refractivity contribution in [2.45, 2.75) is 19.6 Å². The Balaban J connectivity index is 1.49. The van der Waals surface area contributed by atoms with Gasteiger partial charge in [-0.3, -0.25) is 9.88 Å². The molecule has 0 atom stereocenters. The number of nitrogens with one attached hydrogen (secondary N) is 2. The van der Waals surface area contributed by atoms with E-state index in [0.717, 1.165) is 44.1 Å². The molecule has 2 amide bonds. The highest BCUT2D eigenvalue weighted by Crippen LogP contribution is 2.13. The molecule has 2 heterocycles. The number of carbonyl (C=O) groups is 1. The van der Waals surface area contributed by atoms with Crippen molar-refractivity contribution in [1.82, 2.24) is 20.5 Å². The molecule has 1 aromatic carbocycles. The van der Waals surface area contributed by atoms with Crippen molar-refractivity contribution >= 4 is 6.03 Å². The summed E-state index contributed by atoms with van der Waals surface area (Å²) in [5.41, 5.74) is 3.22. The molecule has 3 rings (SSSR count). The summed E-state index contributed by atoms with van der Waals surface area (Å²) >= 11 is 0. The first-order valence-electron chi connectivity index (χ1n) is 8.60. The van der Waals surface area contributed by atoms with Crippen LogP contribution in [0.4, 0.5) is 4.79 Å². The van der Waals surface area contributed by atoms with Gasteiger partial charge in [-0.25, -0.2) is 4.79 Å². The Labute approximate surface area is 148 Å². The number of benzene rings is 1. The summed E-state index contributed by atoms with van der Waals surface area (Å²) in [4.78, 5) is 18.6. The molecule has 1 saturated heterocycles. The minimum absolute atomic E-state index is 0.188. The van der Waals surface area contributed by atoms with E-state index in [1.165, 1.54) is 5.56 Å². The van der Waals surface area contributed by atoms with Crippen LogP contribution >= 0.6 is 0 Å². The van der Waals surface area contributed by atoms with Crippen LogP contribution in [0.25, 0.3) is 0 Å². The van der Waals surface area contributed by atoms with Crippen molar-refractivity contribution in [3.05, 3.63) is 65.5 Å². The molecule has 1 aromatic heterocycles. The van der Waals surface area contributed by atoms with Gasteiger partial charge in [0.2, 0.25) is 0 Å². The lowest BCUT2D eigenvalue weighted by atomic mass is 10.1. The van der Waals surface area contributed by atoms with Gasteiger partial charge >= 0.3 is 6.03 Å². The van der Waals surface area contributed by atoms with Crippen LogP contribution in [-0.4, -0.2) is 42.2 Å². The van der Waals surface area contributed by atoms with Crippen LogP contribution in [0.5, 0.6) is 0 Å². The molecular weight excluding hydrogens is 316 g/mol. The highest BCUT2D eigenvalue weighted by Gasteiger charge is 2.13. The number of aromatic nitrogens is 1. The van der Waals surface area contributed by atoms with Crippen molar-refractivity contribution in [2.24, 2.45) is 0 Å². The Kier molecular flexibility index (Phi) is 6.36. The lowest BCUT2D eigenvalue weighted by Gasteiger charge is -2.27. The Bertz CT molecular complexity index is 672. The number of hydrogen-bond donors (Lipinski definition) is 2. The molecule has 0 radical (unpaired) electrons. The fourth-order valence-corrected chi connectivity index (χ4v) is 2.80.